The van der Waals surface area contributed by atoms with E-state index in [9.17, 15) is 0 Å². The first-order valence-electron chi connectivity index (χ1n) is 4.69. The molecule has 1 unspecified atom stereocenters. The normalized spacial score (nSPS) is 12.4. The molecule has 1 aromatic carbocycles. The minimum atomic E-state index is 0.0425. The van der Waals surface area contributed by atoms with Gasteiger partial charge in [-0.05, 0) is 24.6 Å². The molecule has 0 aromatic heterocycles. The molecule has 1 aromatic rings. The number of hydrogen-bond donors (Lipinski definition) is 4. The number of aliphatic hydroxyl groups is 1. The first kappa shape index (κ1) is 10.7. The summed E-state index contributed by atoms with van der Waals surface area (Å²) in [4.78, 5) is 0. The number of nitrogens with two attached hydrogens (primary N) is 2. The Kier molecular flexibility index (Phi) is 3.59. The van der Waals surface area contributed by atoms with Crippen molar-refractivity contribution in [1.29, 1.82) is 0 Å². The molecule has 0 aliphatic rings. The molecule has 0 fully saturated rings. The summed E-state index contributed by atoms with van der Waals surface area (Å²) in [6, 6.07) is 5.35. The predicted molar refractivity (Wildman–Crippen MR) is 60.1 cm³/mol. The van der Waals surface area contributed by atoms with Crippen LogP contribution < -0.4 is 16.8 Å². The third kappa shape index (κ3) is 2.53. The molecule has 1 atom stereocenters. The minimum absolute atomic E-state index is 0.0425. The first-order chi connectivity index (χ1) is 6.67. The van der Waals surface area contributed by atoms with Crippen molar-refractivity contribution in [1.82, 2.24) is 0 Å². The van der Waals surface area contributed by atoms with Crippen LogP contribution in [0.2, 0.25) is 0 Å². The minimum Gasteiger partial charge on any atom is -0.399 e. The van der Waals surface area contributed by atoms with Gasteiger partial charge in [-0.15, -0.1) is 0 Å². The average molecular weight is 195 g/mol. The smallest absolute Gasteiger partial charge is 0.0632 e. The number of anilines is 3. The van der Waals surface area contributed by atoms with Crippen LogP contribution >= 0.6 is 0 Å². The van der Waals surface area contributed by atoms with Crippen LogP contribution in [0.3, 0.4) is 0 Å². The summed E-state index contributed by atoms with van der Waals surface area (Å²) in [5, 5.41) is 12.1. The summed E-state index contributed by atoms with van der Waals surface area (Å²) >= 11 is 0. The van der Waals surface area contributed by atoms with Gasteiger partial charge in [0, 0.05) is 11.7 Å². The van der Waals surface area contributed by atoms with E-state index >= 15 is 0 Å². The third-order valence-electron chi connectivity index (χ3n) is 2.15. The molecule has 0 spiro atoms. The van der Waals surface area contributed by atoms with Crippen LogP contribution in [0.25, 0.3) is 0 Å². The maximum atomic E-state index is 9.00. The fraction of sp³-hybridized carbons (Fsp3) is 0.400. The highest BCUT2D eigenvalue weighted by Gasteiger charge is 2.06. The molecule has 0 aliphatic heterocycles. The number of nitrogens with one attached hydrogen (secondary N) is 1. The molecule has 14 heavy (non-hydrogen) atoms. The van der Waals surface area contributed by atoms with Gasteiger partial charge in [0.15, 0.2) is 0 Å². The van der Waals surface area contributed by atoms with Crippen LogP contribution in [0, 0.1) is 0 Å². The van der Waals surface area contributed by atoms with E-state index < -0.39 is 0 Å². The van der Waals surface area contributed by atoms with Gasteiger partial charge in [0.2, 0.25) is 0 Å². The molecule has 0 bridgehead atoms. The van der Waals surface area contributed by atoms with Crippen molar-refractivity contribution in [3.8, 4) is 0 Å². The molecule has 0 saturated heterocycles. The van der Waals surface area contributed by atoms with Crippen LogP contribution in [-0.4, -0.2) is 17.8 Å². The van der Waals surface area contributed by atoms with Crippen LogP contribution in [0.5, 0.6) is 0 Å². The van der Waals surface area contributed by atoms with E-state index in [0.29, 0.717) is 11.4 Å². The maximum Gasteiger partial charge on any atom is 0.0632 e. The fourth-order valence-corrected chi connectivity index (χ4v) is 1.21. The summed E-state index contributed by atoms with van der Waals surface area (Å²) in [6.45, 7) is 2.10. The Hall–Kier alpha value is -1.42. The van der Waals surface area contributed by atoms with Crippen molar-refractivity contribution in [3.63, 3.8) is 0 Å². The van der Waals surface area contributed by atoms with E-state index in [0.717, 1.165) is 12.1 Å². The summed E-state index contributed by atoms with van der Waals surface area (Å²) in [6.07, 6.45) is 0.848. The number of nitrogen functional groups attached to an aromatic ring is 2. The third-order valence-corrected chi connectivity index (χ3v) is 2.15. The largest absolute Gasteiger partial charge is 0.399 e. The lowest BCUT2D eigenvalue weighted by Gasteiger charge is -2.17. The van der Waals surface area contributed by atoms with Gasteiger partial charge in [-0.1, -0.05) is 6.92 Å². The molecule has 0 aliphatic carbocycles. The SMILES string of the molecule is CCC(CO)Nc1ccc(N)cc1N. The topological polar surface area (TPSA) is 84.3 Å². The zero-order chi connectivity index (χ0) is 10.6. The number of aliphatic hydroxyl groups excluding tert-OH is 1. The van der Waals surface area contributed by atoms with Crippen LogP contribution in [0.4, 0.5) is 17.1 Å². The van der Waals surface area contributed by atoms with Crippen molar-refractivity contribution < 1.29 is 5.11 Å². The van der Waals surface area contributed by atoms with Crippen LogP contribution in [0.15, 0.2) is 18.2 Å². The quantitative estimate of drug-likeness (QED) is 0.541. The molecule has 0 saturated carbocycles. The van der Waals surface area contributed by atoms with Gasteiger partial charge < -0.3 is 21.9 Å². The Bertz CT molecular complexity index is 297. The summed E-state index contributed by atoms with van der Waals surface area (Å²) in [7, 11) is 0. The highest BCUT2D eigenvalue weighted by Crippen LogP contribution is 2.21. The van der Waals surface area contributed by atoms with Crippen LogP contribution in [-0.2, 0) is 0 Å². The zero-order valence-electron chi connectivity index (χ0n) is 8.33. The van der Waals surface area contributed by atoms with Crippen molar-refractivity contribution in [3.05, 3.63) is 18.2 Å². The van der Waals surface area contributed by atoms with Gasteiger partial charge in [0.1, 0.15) is 0 Å². The van der Waals surface area contributed by atoms with E-state index in [-0.39, 0.29) is 12.6 Å². The highest BCUT2D eigenvalue weighted by molar-refractivity contribution is 5.70. The highest BCUT2D eigenvalue weighted by atomic mass is 16.3. The summed E-state index contributed by atoms with van der Waals surface area (Å²) in [5.41, 5.74) is 13.4. The van der Waals surface area contributed by atoms with Gasteiger partial charge in [-0.25, -0.2) is 0 Å². The van der Waals surface area contributed by atoms with Gasteiger partial charge in [-0.2, -0.15) is 0 Å². The average Bonchev–Trinajstić information content (AvgIpc) is 2.17. The Morgan fingerprint density at radius 1 is 1.43 bits per heavy atom. The second-order valence-corrected chi connectivity index (χ2v) is 3.28. The van der Waals surface area contributed by atoms with E-state index in [1.165, 1.54) is 0 Å². The lowest BCUT2D eigenvalue weighted by molar-refractivity contribution is 0.272. The molecule has 1 rings (SSSR count). The number of benzene rings is 1. The molecule has 4 heteroatoms. The van der Waals surface area contributed by atoms with Gasteiger partial charge >= 0.3 is 0 Å². The second kappa shape index (κ2) is 4.72. The Morgan fingerprint density at radius 2 is 2.14 bits per heavy atom. The zero-order valence-corrected chi connectivity index (χ0v) is 8.33. The molecule has 6 N–H and O–H groups in total. The molecular formula is C10H17N3O. The molecule has 0 amide bonds. The second-order valence-electron chi connectivity index (χ2n) is 3.28. The van der Waals surface area contributed by atoms with E-state index in [1.54, 1.807) is 12.1 Å². The molecular weight excluding hydrogens is 178 g/mol. The summed E-state index contributed by atoms with van der Waals surface area (Å²) in [5.74, 6) is 0. The predicted octanol–water partition coefficient (Wildman–Crippen LogP) is 1.03. The fourth-order valence-electron chi connectivity index (χ4n) is 1.21. The van der Waals surface area contributed by atoms with E-state index in [1.807, 2.05) is 13.0 Å². The molecule has 78 valence electrons. The molecule has 0 radical (unpaired) electrons. The van der Waals surface area contributed by atoms with Crippen molar-refractivity contribution in [2.75, 3.05) is 23.4 Å². The van der Waals surface area contributed by atoms with Crippen molar-refractivity contribution >= 4 is 17.1 Å². The van der Waals surface area contributed by atoms with Gasteiger partial charge in [0.25, 0.3) is 0 Å². The van der Waals surface area contributed by atoms with Crippen molar-refractivity contribution in [2.45, 2.75) is 19.4 Å². The molecule has 0 heterocycles. The number of rotatable bonds is 4. The van der Waals surface area contributed by atoms with Gasteiger partial charge in [0.05, 0.1) is 18.0 Å². The summed E-state index contributed by atoms with van der Waals surface area (Å²) < 4.78 is 0. The van der Waals surface area contributed by atoms with Gasteiger partial charge in [-0.3, -0.25) is 0 Å². The monoisotopic (exact) mass is 195 g/mol. The van der Waals surface area contributed by atoms with E-state index in [2.05, 4.69) is 5.32 Å². The van der Waals surface area contributed by atoms with Crippen LogP contribution in [0.1, 0.15) is 13.3 Å². The Balaban J connectivity index is 2.76. The number of hydrogen-bond acceptors (Lipinski definition) is 4. The standard InChI is InChI=1S/C10H17N3O/c1-2-8(6-14)13-10-4-3-7(11)5-9(10)12/h3-5,8,13-14H,2,6,11-12H2,1H3. The lowest BCUT2D eigenvalue weighted by Crippen LogP contribution is -2.23. The Labute approximate surface area is 83.9 Å². The Morgan fingerprint density at radius 3 is 2.64 bits per heavy atom. The first-order valence-corrected chi connectivity index (χ1v) is 4.69. The van der Waals surface area contributed by atoms with E-state index in [4.69, 9.17) is 16.6 Å². The molecule has 4 nitrogen and oxygen atoms in total. The maximum absolute atomic E-state index is 9.00. The van der Waals surface area contributed by atoms with Crippen molar-refractivity contribution in [2.24, 2.45) is 0 Å². The lowest BCUT2D eigenvalue weighted by atomic mass is 10.2.